The Bertz CT molecular complexity index is 352. The molecule has 0 saturated carbocycles. The number of rotatable bonds is 2. The fraction of sp³-hybridized carbons (Fsp3) is 0.125. The van der Waals surface area contributed by atoms with Gasteiger partial charge in [-0.2, -0.15) is 0 Å². The lowest BCUT2D eigenvalue weighted by atomic mass is 10.2. The lowest BCUT2D eigenvalue weighted by Crippen LogP contribution is -1.96. The summed E-state index contributed by atoms with van der Waals surface area (Å²) in [5, 5.41) is -0.741. The van der Waals surface area contributed by atoms with Gasteiger partial charge in [0.1, 0.15) is 11.6 Å². The van der Waals surface area contributed by atoms with Crippen molar-refractivity contribution < 1.29 is 13.9 Å². The van der Waals surface area contributed by atoms with E-state index in [4.69, 9.17) is 27.9 Å². The molecule has 1 aromatic rings. The van der Waals surface area contributed by atoms with Crippen molar-refractivity contribution in [1.29, 1.82) is 0 Å². The predicted octanol–water partition coefficient (Wildman–Crippen LogP) is 2.87. The Kier molecular flexibility index (Phi) is 3.12. The molecule has 0 bridgehead atoms. The second-order valence-corrected chi connectivity index (χ2v) is 2.99. The smallest absolute Gasteiger partial charge is 0.255 e. The molecule has 0 unspecified atom stereocenters. The highest BCUT2D eigenvalue weighted by Crippen LogP contribution is 2.27. The summed E-state index contributed by atoms with van der Waals surface area (Å²) < 4.78 is 17.8. The van der Waals surface area contributed by atoms with E-state index >= 15 is 0 Å². The van der Waals surface area contributed by atoms with Crippen LogP contribution in [0.2, 0.25) is 5.02 Å². The Morgan fingerprint density at radius 1 is 1.54 bits per heavy atom. The zero-order valence-electron chi connectivity index (χ0n) is 6.61. The number of carbonyl (C=O) groups is 1. The molecule has 0 saturated heterocycles. The van der Waals surface area contributed by atoms with Gasteiger partial charge >= 0.3 is 0 Å². The first kappa shape index (κ1) is 10.3. The molecule has 2 nitrogen and oxygen atoms in total. The molecular formula is C8H5Cl2FO2. The summed E-state index contributed by atoms with van der Waals surface area (Å²) in [6, 6.07) is 2.14. The fourth-order valence-electron chi connectivity index (χ4n) is 0.836. The summed E-state index contributed by atoms with van der Waals surface area (Å²) in [5.74, 6) is -0.581. The van der Waals surface area contributed by atoms with Crippen LogP contribution >= 0.6 is 23.2 Å². The van der Waals surface area contributed by atoms with Crippen molar-refractivity contribution in [2.24, 2.45) is 0 Å². The van der Waals surface area contributed by atoms with E-state index in [0.717, 1.165) is 12.1 Å². The normalized spacial score (nSPS) is 9.85. The second-order valence-electron chi connectivity index (χ2n) is 2.24. The minimum Gasteiger partial charge on any atom is -0.495 e. The van der Waals surface area contributed by atoms with Gasteiger partial charge in [0.25, 0.3) is 5.24 Å². The molecule has 0 aliphatic rings. The van der Waals surface area contributed by atoms with E-state index in [-0.39, 0.29) is 16.3 Å². The van der Waals surface area contributed by atoms with Crippen LogP contribution in [-0.4, -0.2) is 12.4 Å². The van der Waals surface area contributed by atoms with Crippen LogP contribution in [0.25, 0.3) is 0 Å². The standard InChI is InChI=1S/C8H5Cl2FO2/c1-13-7-3-6(11)4(8(10)12)2-5(7)9/h2-3H,1H3. The van der Waals surface area contributed by atoms with Crippen molar-refractivity contribution in [3.8, 4) is 5.75 Å². The minimum absolute atomic E-state index is 0.146. The number of ether oxygens (including phenoxy) is 1. The monoisotopic (exact) mass is 222 g/mol. The van der Waals surface area contributed by atoms with Gasteiger partial charge in [-0.3, -0.25) is 4.79 Å². The average molecular weight is 223 g/mol. The Morgan fingerprint density at radius 2 is 2.15 bits per heavy atom. The Labute approximate surface area is 84.2 Å². The maximum absolute atomic E-state index is 13.0. The van der Waals surface area contributed by atoms with Crippen LogP contribution in [0.1, 0.15) is 10.4 Å². The molecule has 0 radical (unpaired) electrons. The first-order valence-corrected chi connectivity index (χ1v) is 4.04. The van der Waals surface area contributed by atoms with Crippen LogP contribution < -0.4 is 4.74 Å². The summed E-state index contributed by atoms with van der Waals surface area (Å²) in [4.78, 5) is 10.6. The van der Waals surface area contributed by atoms with Gasteiger partial charge in [0.2, 0.25) is 0 Å². The van der Waals surface area contributed by atoms with Gasteiger partial charge in [-0.25, -0.2) is 4.39 Å². The topological polar surface area (TPSA) is 26.3 Å². The molecule has 70 valence electrons. The molecular weight excluding hydrogens is 218 g/mol. The Balaban J connectivity index is 3.28. The molecule has 13 heavy (non-hydrogen) atoms. The fourth-order valence-corrected chi connectivity index (χ4v) is 1.22. The number of carbonyl (C=O) groups excluding carboxylic acids is 1. The summed E-state index contributed by atoms with van der Waals surface area (Å²) in [6.45, 7) is 0. The highest BCUT2D eigenvalue weighted by molar-refractivity contribution is 6.67. The van der Waals surface area contributed by atoms with Crippen LogP contribution in [0.15, 0.2) is 12.1 Å². The molecule has 0 aliphatic heterocycles. The molecule has 0 fully saturated rings. The molecule has 0 N–H and O–H groups in total. The molecule has 1 aromatic carbocycles. The summed E-state index contributed by atoms with van der Waals surface area (Å²) in [5.41, 5.74) is -0.257. The van der Waals surface area contributed by atoms with Crippen molar-refractivity contribution in [1.82, 2.24) is 0 Å². The number of hydrogen-bond donors (Lipinski definition) is 0. The lowest BCUT2D eigenvalue weighted by molar-refractivity contribution is 0.107. The lowest BCUT2D eigenvalue weighted by Gasteiger charge is -2.04. The van der Waals surface area contributed by atoms with Gasteiger partial charge in [0, 0.05) is 6.07 Å². The van der Waals surface area contributed by atoms with Gasteiger partial charge in [-0.15, -0.1) is 0 Å². The quantitative estimate of drug-likeness (QED) is 0.720. The first-order valence-electron chi connectivity index (χ1n) is 3.29. The van der Waals surface area contributed by atoms with E-state index in [1.807, 2.05) is 0 Å². The molecule has 1 rings (SSSR count). The molecule has 0 aliphatic carbocycles. The number of methoxy groups -OCH3 is 1. The highest BCUT2D eigenvalue weighted by Gasteiger charge is 2.13. The van der Waals surface area contributed by atoms with Crippen molar-refractivity contribution in [3.63, 3.8) is 0 Å². The van der Waals surface area contributed by atoms with E-state index in [1.54, 1.807) is 0 Å². The maximum Gasteiger partial charge on any atom is 0.255 e. The molecule has 0 amide bonds. The van der Waals surface area contributed by atoms with Crippen LogP contribution in [0.4, 0.5) is 4.39 Å². The first-order chi connectivity index (χ1) is 6.06. The van der Waals surface area contributed by atoms with Gasteiger partial charge in [-0.1, -0.05) is 11.6 Å². The number of hydrogen-bond acceptors (Lipinski definition) is 2. The van der Waals surface area contributed by atoms with Crippen LogP contribution in [0.3, 0.4) is 0 Å². The average Bonchev–Trinajstić information content (AvgIpc) is 2.07. The van der Waals surface area contributed by atoms with Crippen molar-refractivity contribution >= 4 is 28.4 Å². The summed E-state index contributed by atoms with van der Waals surface area (Å²) in [7, 11) is 1.35. The third-order valence-corrected chi connectivity index (χ3v) is 1.95. The van der Waals surface area contributed by atoms with E-state index in [0.29, 0.717) is 0 Å². The Hall–Kier alpha value is -0.800. The van der Waals surface area contributed by atoms with Crippen LogP contribution in [0, 0.1) is 5.82 Å². The van der Waals surface area contributed by atoms with Gasteiger partial charge < -0.3 is 4.74 Å². The van der Waals surface area contributed by atoms with E-state index in [2.05, 4.69) is 0 Å². The SMILES string of the molecule is COc1cc(F)c(C(=O)Cl)cc1Cl. The van der Waals surface area contributed by atoms with E-state index < -0.39 is 11.1 Å². The maximum atomic E-state index is 13.0. The van der Waals surface area contributed by atoms with Crippen LogP contribution in [-0.2, 0) is 0 Å². The Morgan fingerprint density at radius 3 is 2.62 bits per heavy atom. The van der Waals surface area contributed by atoms with Crippen LogP contribution in [0.5, 0.6) is 5.75 Å². The molecule has 0 atom stereocenters. The number of benzene rings is 1. The highest BCUT2D eigenvalue weighted by atomic mass is 35.5. The van der Waals surface area contributed by atoms with E-state index in [9.17, 15) is 9.18 Å². The van der Waals surface area contributed by atoms with Gasteiger partial charge in [0.05, 0.1) is 17.7 Å². The molecule has 0 aromatic heterocycles. The van der Waals surface area contributed by atoms with Crippen molar-refractivity contribution in [3.05, 3.63) is 28.5 Å². The second kappa shape index (κ2) is 3.94. The van der Waals surface area contributed by atoms with Gasteiger partial charge in [0.15, 0.2) is 0 Å². The zero-order chi connectivity index (χ0) is 10.0. The van der Waals surface area contributed by atoms with E-state index in [1.165, 1.54) is 7.11 Å². The molecule has 5 heteroatoms. The predicted molar refractivity (Wildman–Crippen MR) is 48.1 cm³/mol. The summed E-state index contributed by atoms with van der Waals surface area (Å²) >= 11 is 10.7. The number of halogens is 3. The third kappa shape index (κ3) is 2.11. The minimum atomic E-state index is -0.887. The molecule has 0 spiro atoms. The van der Waals surface area contributed by atoms with Gasteiger partial charge in [-0.05, 0) is 17.7 Å². The zero-order valence-corrected chi connectivity index (χ0v) is 8.12. The van der Waals surface area contributed by atoms with Crippen molar-refractivity contribution in [2.45, 2.75) is 0 Å². The third-order valence-electron chi connectivity index (χ3n) is 1.45. The largest absolute Gasteiger partial charge is 0.495 e. The summed E-state index contributed by atoms with van der Waals surface area (Å²) in [6.07, 6.45) is 0. The van der Waals surface area contributed by atoms with Crippen molar-refractivity contribution in [2.75, 3.05) is 7.11 Å². The molecule has 0 heterocycles.